The predicted octanol–water partition coefficient (Wildman–Crippen LogP) is 7.34. The van der Waals surface area contributed by atoms with Crippen molar-refractivity contribution in [2.45, 2.75) is 89.5 Å². The minimum Gasteiger partial charge on any atom is -0.337 e. The summed E-state index contributed by atoms with van der Waals surface area (Å²) in [6, 6.07) is 17.6. The first-order valence-electron chi connectivity index (χ1n) is 18.4. The van der Waals surface area contributed by atoms with Gasteiger partial charge in [-0.15, -0.1) is 0 Å². The number of aromatic nitrogens is 3. The number of hydrogen-bond donors (Lipinski definition) is 1. The highest BCUT2D eigenvalue weighted by atomic mass is 79.9. The van der Waals surface area contributed by atoms with E-state index in [4.69, 9.17) is 16.6 Å². The lowest BCUT2D eigenvalue weighted by atomic mass is 9.94. The average Bonchev–Trinajstić information content (AvgIpc) is 3.49. The molecule has 268 valence electrons. The van der Waals surface area contributed by atoms with Gasteiger partial charge >= 0.3 is 6.03 Å². The number of carbonyl (C=O) groups excluding carboxylic acids is 2. The molecule has 9 nitrogen and oxygen atoms in total. The number of nitrogens with one attached hydrogen (secondary N) is 1. The van der Waals surface area contributed by atoms with Gasteiger partial charge in [0.1, 0.15) is 6.04 Å². The second kappa shape index (κ2) is 16.3. The fourth-order valence-corrected chi connectivity index (χ4v) is 8.67. The first-order chi connectivity index (χ1) is 24.8. The molecule has 2 aromatic heterocycles. The van der Waals surface area contributed by atoms with Crippen molar-refractivity contribution in [3.05, 3.63) is 116 Å². The van der Waals surface area contributed by atoms with Gasteiger partial charge in [-0.2, -0.15) is 0 Å². The van der Waals surface area contributed by atoms with Gasteiger partial charge in [0.2, 0.25) is 5.91 Å². The summed E-state index contributed by atoms with van der Waals surface area (Å²) in [6.45, 7) is 5.22. The van der Waals surface area contributed by atoms with Crippen LogP contribution in [-0.2, 0) is 30.7 Å². The lowest BCUT2D eigenvalue weighted by Crippen LogP contribution is -2.64. The number of piperazine rings is 1. The van der Waals surface area contributed by atoms with Gasteiger partial charge in [0.15, 0.2) is 0 Å². The summed E-state index contributed by atoms with van der Waals surface area (Å²) in [5.41, 5.74) is 6.58. The Kier molecular flexibility index (Phi) is 11.4. The zero-order valence-electron chi connectivity index (χ0n) is 29.3. The van der Waals surface area contributed by atoms with E-state index in [0.29, 0.717) is 37.7 Å². The Bertz CT molecular complexity index is 1770. The molecule has 0 radical (unpaired) electrons. The Morgan fingerprint density at radius 1 is 1.00 bits per heavy atom. The average molecular weight is 773 g/mol. The minimum atomic E-state index is -0.667. The van der Waals surface area contributed by atoms with E-state index in [2.05, 4.69) is 66.0 Å². The molecule has 1 N–H and O–H groups in total. The Morgan fingerprint density at radius 2 is 1.80 bits per heavy atom. The highest BCUT2D eigenvalue weighted by Gasteiger charge is 2.42. The lowest BCUT2D eigenvalue weighted by Gasteiger charge is -2.45. The van der Waals surface area contributed by atoms with Gasteiger partial charge in [-0.3, -0.25) is 14.7 Å². The van der Waals surface area contributed by atoms with Crippen LogP contribution in [0.15, 0.2) is 77.8 Å². The standard InChI is InChI=1S/C40H47BrClN7O2/c1-28-24-46(27-44-28)17-8-18-48(25-29-9-4-2-5-10-29)39(50)36-26-47(19-20-49(36)40(51)45-34-11-6-3-7-12-34)38-35-16-15-33(42)22-30(35)13-14-31-21-32(41)23-43-37(31)38/h2,4-5,9-10,15-16,21-24,27,34,36,38H,3,6-8,11-14,17-20,25-26H2,1H3,(H,45,51)/t36-,38+/m1/s1. The van der Waals surface area contributed by atoms with Crippen LogP contribution in [-0.4, -0.2) is 79.4 Å². The molecule has 2 atom stereocenters. The van der Waals surface area contributed by atoms with Gasteiger partial charge in [0, 0.05) is 67.2 Å². The third-order valence-electron chi connectivity index (χ3n) is 10.7. The number of carbonyl (C=O) groups is 2. The molecule has 51 heavy (non-hydrogen) atoms. The van der Waals surface area contributed by atoms with Crippen molar-refractivity contribution >= 4 is 39.5 Å². The number of rotatable bonds is 9. The largest absolute Gasteiger partial charge is 0.337 e. The number of aryl methyl sites for hydroxylation is 4. The lowest BCUT2D eigenvalue weighted by molar-refractivity contribution is -0.139. The third-order valence-corrected chi connectivity index (χ3v) is 11.3. The van der Waals surface area contributed by atoms with Crippen LogP contribution in [0.2, 0.25) is 5.02 Å². The number of halogens is 2. The van der Waals surface area contributed by atoms with E-state index in [1.54, 1.807) is 0 Å². The van der Waals surface area contributed by atoms with Crippen molar-refractivity contribution in [2.24, 2.45) is 0 Å². The number of benzene rings is 2. The summed E-state index contributed by atoms with van der Waals surface area (Å²) >= 11 is 10.2. The Hall–Kier alpha value is -3.73. The first-order valence-corrected chi connectivity index (χ1v) is 19.5. The van der Waals surface area contributed by atoms with Gasteiger partial charge in [-0.1, -0.05) is 67.3 Å². The normalized spacial score (nSPS) is 19.5. The maximum atomic E-state index is 15.1. The molecule has 1 saturated heterocycles. The van der Waals surface area contributed by atoms with Crippen molar-refractivity contribution in [2.75, 3.05) is 26.2 Å². The first kappa shape index (κ1) is 35.7. The smallest absolute Gasteiger partial charge is 0.318 e. The second-order valence-corrected chi connectivity index (χ2v) is 15.6. The summed E-state index contributed by atoms with van der Waals surface area (Å²) in [5.74, 6) is -0.0295. The van der Waals surface area contributed by atoms with Crippen molar-refractivity contribution in [1.82, 2.24) is 34.6 Å². The molecule has 11 heteroatoms. The molecule has 0 spiro atoms. The molecule has 4 aromatic rings. The van der Waals surface area contributed by atoms with Crippen molar-refractivity contribution < 1.29 is 9.59 Å². The van der Waals surface area contributed by atoms with Gasteiger partial charge in [0.05, 0.1) is 23.8 Å². The highest BCUT2D eigenvalue weighted by Crippen LogP contribution is 2.39. The number of hydrogen-bond acceptors (Lipinski definition) is 5. The summed E-state index contributed by atoms with van der Waals surface area (Å²) in [4.78, 5) is 44.7. The van der Waals surface area contributed by atoms with Gasteiger partial charge in [0.25, 0.3) is 0 Å². The second-order valence-electron chi connectivity index (χ2n) is 14.3. The SMILES string of the molecule is Cc1cn(CCCN(Cc2ccccc2)C(=O)[C@H]2CN([C@H]3c4ccc(Cl)cc4CCc4cc(Br)cnc43)CCN2C(=O)NC2CCCCC2)cn1. The summed E-state index contributed by atoms with van der Waals surface area (Å²) in [6.07, 6.45) is 13.6. The van der Waals surface area contributed by atoms with Crippen molar-refractivity contribution in [3.63, 3.8) is 0 Å². The van der Waals surface area contributed by atoms with E-state index in [9.17, 15) is 4.79 Å². The quantitative estimate of drug-likeness (QED) is 0.193. The number of pyridine rings is 1. The molecule has 3 amide bonds. The summed E-state index contributed by atoms with van der Waals surface area (Å²) < 4.78 is 3.02. The predicted molar refractivity (Wildman–Crippen MR) is 204 cm³/mol. The number of amides is 3. The fraction of sp³-hybridized carbons (Fsp3) is 0.450. The molecule has 1 aliphatic heterocycles. The van der Waals surface area contributed by atoms with Crippen LogP contribution >= 0.6 is 27.5 Å². The molecule has 7 rings (SSSR count). The zero-order valence-corrected chi connectivity index (χ0v) is 31.7. The molecule has 3 aliphatic rings. The maximum Gasteiger partial charge on any atom is 0.318 e. The highest BCUT2D eigenvalue weighted by molar-refractivity contribution is 9.10. The Morgan fingerprint density at radius 3 is 2.59 bits per heavy atom. The molecular weight excluding hydrogens is 726 g/mol. The molecular formula is C40H47BrClN7O2. The van der Waals surface area contributed by atoms with E-state index >= 15 is 4.79 Å². The molecule has 2 aliphatic carbocycles. The molecule has 2 aromatic carbocycles. The van der Waals surface area contributed by atoms with Crippen LogP contribution in [0.3, 0.4) is 0 Å². The van der Waals surface area contributed by atoms with Crippen molar-refractivity contribution in [1.29, 1.82) is 0 Å². The molecule has 3 heterocycles. The number of nitrogens with zero attached hydrogens (tertiary/aromatic N) is 6. The maximum absolute atomic E-state index is 15.1. The fourth-order valence-electron chi connectivity index (χ4n) is 8.10. The van der Waals surface area contributed by atoms with Crippen LogP contribution in [0.5, 0.6) is 0 Å². The van der Waals surface area contributed by atoms with Gasteiger partial charge in [-0.05, 0) is 95.4 Å². The number of fused-ring (bicyclic) bond motifs is 2. The zero-order chi connectivity index (χ0) is 35.3. The molecule has 0 bridgehead atoms. The van der Waals surface area contributed by atoms with Crippen LogP contribution in [0.1, 0.15) is 78.2 Å². The molecule has 1 saturated carbocycles. The van der Waals surface area contributed by atoms with Gasteiger partial charge < -0.3 is 19.7 Å². The van der Waals surface area contributed by atoms with Crippen molar-refractivity contribution in [3.8, 4) is 0 Å². The van der Waals surface area contributed by atoms with Crippen LogP contribution < -0.4 is 5.32 Å². The number of imidazole rings is 1. The van der Waals surface area contributed by atoms with Crippen LogP contribution in [0.4, 0.5) is 4.79 Å². The minimum absolute atomic E-state index is 0.0295. The van der Waals surface area contributed by atoms with E-state index in [0.717, 1.165) is 78.5 Å². The molecule has 0 unspecified atom stereocenters. The Labute approximate surface area is 314 Å². The van der Waals surface area contributed by atoms with Crippen LogP contribution in [0, 0.1) is 6.92 Å². The third kappa shape index (κ3) is 8.50. The number of urea groups is 1. The van der Waals surface area contributed by atoms with Gasteiger partial charge in [-0.25, -0.2) is 9.78 Å². The monoisotopic (exact) mass is 771 g/mol. The summed E-state index contributed by atoms with van der Waals surface area (Å²) in [7, 11) is 0. The topological polar surface area (TPSA) is 86.6 Å². The van der Waals surface area contributed by atoms with E-state index < -0.39 is 6.04 Å². The van der Waals surface area contributed by atoms with Crippen LogP contribution in [0.25, 0.3) is 0 Å². The van der Waals surface area contributed by atoms with E-state index in [-0.39, 0.29) is 24.0 Å². The van der Waals surface area contributed by atoms with E-state index in [1.807, 2.05) is 59.7 Å². The van der Waals surface area contributed by atoms with E-state index in [1.165, 1.54) is 17.5 Å². The molecule has 2 fully saturated rings. The summed E-state index contributed by atoms with van der Waals surface area (Å²) in [5, 5.41) is 4.05. The Balaban J connectivity index is 1.22.